The third kappa shape index (κ3) is 4.38. The molecule has 1 saturated carbocycles. The molecule has 4 aliphatic rings. The summed E-state index contributed by atoms with van der Waals surface area (Å²) in [7, 11) is 4.35. The number of benzene rings is 1. The highest BCUT2D eigenvalue weighted by atomic mass is 16.5. The first kappa shape index (κ1) is 23.8. The second-order valence-electron chi connectivity index (χ2n) is 11.1. The summed E-state index contributed by atoms with van der Waals surface area (Å²) >= 11 is 0. The van der Waals surface area contributed by atoms with Crippen molar-refractivity contribution in [3.63, 3.8) is 0 Å². The van der Waals surface area contributed by atoms with Crippen LogP contribution in [0.2, 0.25) is 0 Å². The second kappa shape index (κ2) is 9.59. The normalized spacial score (nSPS) is 30.1. The van der Waals surface area contributed by atoms with Crippen LogP contribution in [0.1, 0.15) is 44.1 Å². The van der Waals surface area contributed by atoms with Gasteiger partial charge in [-0.25, -0.2) is 4.79 Å². The lowest BCUT2D eigenvalue weighted by atomic mass is 9.68. The summed E-state index contributed by atoms with van der Waals surface area (Å²) in [6.07, 6.45) is 5.31. The molecule has 0 atom stereocenters. The molecule has 1 aromatic rings. The summed E-state index contributed by atoms with van der Waals surface area (Å²) in [6.45, 7) is 4.64. The van der Waals surface area contributed by atoms with Crippen molar-refractivity contribution in [2.24, 2.45) is 11.8 Å². The van der Waals surface area contributed by atoms with Crippen LogP contribution in [-0.4, -0.2) is 92.2 Å². The summed E-state index contributed by atoms with van der Waals surface area (Å²) in [5, 5.41) is 0. The number of urea groups is 1. The molecule has 3 saturated heterocycles. The number of Topliss-reactive ketones (excluding diaryl/α,β-unsaturated/α-hetero) is 1. The van der Waals surface area contributed by atoms with Gasteiger partial charge in [-0.2, -0.15) is 0 Å². The van der Waals surface area contributed by atoms with Crippen molar-refractivity contribution in [3.05, 3.63) is 35.9 Å². The Labute approximate surface area is 203 Å². The minimum absolute atomic E-state index is 0.0190. The molecule has 2 amide bonds. The maximum Gasteiger partial charge on any atom is 0.321 e. The van der Waals surface area contributed by atoms with Crippen LogP contribution >= 0.6 is 0 Å². The van der Waals surface area contributed by atoms with Gasteiger partial charge in [0.1, 0.15) is 0 Å². The van der Waals surface area contributed by atoms with Crippen LogP contribution < -0.4 is 0 Å². The summed E-state index contributed by atoms with van der Waals surface area (Å²) in [5.41, 5.74) is 1.14. The number of carbonyl (C=O) groups is 2. The van der Waals surface area contributed by atoms with E-state index in [4.69, 9.17) is 9.47 Å². The zero-order chi connectivity index (χ0) is 23.8. The Morgan fingerprint density at radius 1 is 1.00 bits per heavy atom. The Morgan fingerprint density at radius 3 is 2.21 bits per heavy atom. The van der Waals surface area contributed by atoms with Crippen molar-refractivity contribution in [3.8, 4) is 0 Å². The van der Waals surface area contributed by atoms with Gasteiger partial charge in [-0.1, -0.05) is 30.3 Å². The predicted octanol–water partition coefficient (Wildman–Crippen LogP) is 3.14. The zero-order valence-corrected chi connectivity index (χ0v) is 20.7. The molecular weight excluding hydrogens is 430 g/mol. The lowest BCUT2D eigenvalue weighted by Crippen LogP contribution is -2.57. The molecule has 5 rings (SSSR count). The number of amides is 2. The predicted molar refractivity (Wildman–Crippen MR) is 130 cm³/mol. The van der Waals surface area contributed by atoms with Gasteiger partial charge in [-0.3, -0.25) is 9.69 Å². The molecule has 7 heteroatoms. The van der Waals surface area contributed by atoms with E-state index in [9.17, 15) is 9.59 Å². The van der Waals surface area contributed by atoms with E-state index >= 15 is 0 Å². The van der Waals surface area contributed by atoms with Gasteiger partial charge in [0.2, 0.25) is 0 Å². The molecule has 34 heavy (non-hydrogen) atoms. The molecule has 0 N–H and O–H groups in total. The van der Waals surface area contributed by atoms with Gasteiger partial charge in [-0.15, -0.1) is 0 Å². The van der Waals surface area contributed by atoms with Crippen LogP contribution in [-0.2, 0) is 19.8 Å². The standard InChI is InChI=1S/C27H39N3O4/c1-28(2)27(23-6-4-3-5-7-23)12-10-26(11-13-27)20-29(15-24(31)9-8-21-16-33-17-21)25(32)30(26)14-22-18-34-19-22/h3-7,21-22H,8-20H2,1-2H3. The number of hydrogen-bond acceptors (Lipinski definition) is 5. The van der Waals surface area contributed by atoms with Crippen molar-refractivity contribution in [1.29, 1.82) is 0 Å². The van der Waals surface area contributed by atoms with Crippen LogP contribution in [0.15, 0.2) is 30.3 Å². The van der Waals surface area contributed by atoms with Gasteiger partial charge in [0, 0.05) is 36.9 Å². The number of rotatable bonds is 9. The summed E-state index contributed by atoms with van der Waals surface area (Å²) in [5.74, 6) is 1.09. The number of ether oxygens (including phenoxy) is 2. The quantitative estimate of drug-likeness (QED) is 0.556. The Kier molecular flexibility index (Phi) is 6.70. The molecule has 0 unspecified atom stereocenters. The van der Waals surface area contributed by atoms with E-state index < -0.39 is 0 Å². The first-order valence-electron chi connectivity index (χ1n) is 12.9. The number of carbonyl (C=O) groups excluding carboxylic acids is 2. The summed E-state index contributed by atoms with van der Waals surface area (Å²) < 4.78 is 10.6. The smallest absolute Gasteiger partial charge is 0.321 e. The molecule has 0 radical (unpaired) electrons. The molecule has 3 heterocycles. The zero-order valence-electron chi connectivity index (χ0n) is 20.7. The Bertz CT molecular complexity index is 873. The minimum Gasteiger partial charge on any atom is -0.381 e. The van der Waals surface area contributed by atoms with E-state index in [1.54, 1.807) is 0 Å². The van der Waals surface area contributed by atoms with E-state index in [0.29, 0.717) is 24.8 Å². The maximum absolute atomic E-state index is 13.6. The molecule has 186 valence electrons. The molecular formula is C27H39N3O4. The lowest BCUT2D eigenvalue weighted by Gasteiger charge is -2.51. The van der Waals surface area contributed by atoms with Gasteiger partial charge < -0.3 is 19.3 Å². The van der Waals surface area contributed by atoms with E-state index in [0.717, 1.165) is 65.1 Å². The van der Waals surface area contributed by atoms with Gasteiger partial charge >= 0.3 is 6.03 Å². The first-order chi connectivity index (χ1) is 16.4. The molecule has 1 spiro atoms. The van der Waals surface area contributed by atoms with Crippen LogP contribution in [0.3, 0.4) is 0 Å². The maximum atomic E-state index is 13.6. The van der Waals surface area contributed by atoms with Crippen molar-refractivity contribution in [2.45, 2.75) is 49.6 Å². The first-order valence-corrected chi connectivity index (χ1v) is 12.9. The highest BCUT2D eigenvalue weighted by Crippen LogP contribution is 2.49. The number of nitrogens with zero attached hydrogens (tertiary/aromatic N) is 3. The Morgan fingerprint density at radius 2 is 1.65 bits per heavy atom. The fourth-order valence-corrected chi connectivity index (χ4v) is 6.33. The fraction of sp³-hybridized carbons (Fsp3) is 0.704. The molecule has 7 nitrogen and oxygen atoms in total. The largest absolute Gasteiger partial charge is 0.381 e. The highest BCUT2D eigenvalue weighted by molar-refractivity contribution is 5.87. The molecule has 1 aliphatic carbocycles. The number of ketones is 1. The lowest BCUT2D eigenvalue weighted by molar-refractivity contribution is -0.120. The van der Waals surface area contributed by atoms with E-state index in [1.807, 2.05) is 4.90 Å². The Balaban J connectivity index is 1.31. The SMILES string of the molecule is CN(C)C1(c2ccccc2)CCC2(CC1)CN(CC(=O)CCC1COC1)C(=O)N2CC1COC1. The average Bonchev–Trinajstić information content (AvgIpc) is 3.01. The summed E-state index contributed by atoms with van der Waals surface area (Å²) in [6, 6.07) is 10.8. The second-order valence-corrected chi connectivity index (χ2v) is 11.1. The minimum atomic E-state index is -0.191. The average molecular weight is 470 g/mol. The van der Waals surface area contributed by atoms with Gasteiger partial charge in [0.25, 0.3) is 0 Å². The van der Waals surface area contributed by atoms with Crippen molar-refractivity contribution >= 4 is 11.8 Å². The third-order valence-corrected chi connectivity index (χ3v) is 8.79. The van der Waals surface area contributed by atoms with Crippen LogP contribution in [0.25, 0.3) is 0 Å². The molecule has 0 bridgehead atoms. The highest BCUT2D eigenvalue weighted by Gasteiger charge is 2.55. The molecule has 3 aliphatic heterocycles. The van der Waals surface area contributed by atoms with Gasteiger partial charge in [-0.05, 0) is 51.8 Å². The van der Waals surface area contributed by atoms with Crippen molar-refractivity contribution in [2.75, 3.05) is 60.2 Å². The van der Waals surface area contributed by atoms with E-state index in [-0.39, 0.29) is 29.4 Å². The third-order valence-electron chi connectivity index (χ3n) is 8.79. The van der Waals surface area contributed by atoms with Crippen LogP contribution in [0, 0.1) is 11.8 Å². The van der Waals surface area contributed by atoms with Crippen LogP contribution in [0.4, 0.5) is 4.79 Å². The van der Waals surface area contributed by atoms with Crippen molar-refractivity contribution < 1.29 is 19.1 Å². The monoisotopic (exact) mass is 469 g/mol. The Hall–Kier alpha value is -1.96. The molecule has 0 aromatic heterocycles. The fourth-order valence-electron chi connectivity index (χ4n) is 6.33. The van der Waals surface area contributed by atoms with E-state index in [1.165, 1.54) is 5.56 Å². The van der Waals surface area contributed by atoms with Gasteiger partial charge in [0.05, 0.1) is 38.5 Å². The van der Waals surface area contributed by atoms with Crippen LogP contribution in [0.5, 0.6) is 0 Å². The molecule has 1 aromatic carbocycles. The van der Waals surface area contributed by atoms with Gasteiger partial charge in [0.15, 0.2) is 5.78 Å². The number of hydrogen-bond donors (Lipinski definition) is 0. The van der Waals surface area contributed by atoms with E-state index in [2.05, 4.69) is 54.2 Å². The molecule has 4 fully saturated rings. The van der Waals surface area contributed by atoms with Crippen molar-refractivity contribution in [1.82, 2.24) is 14.7 Å². The summed E-state index contributed by atoms with van der Waals surface area (Å²) in [4.78, 5) is 32.7. The topological polar surface area (TPSA) is 62.3 Å².